The maximum absolute atomic E-state index is 15.5. The van der Waals surface area contributed by atoms with Crippen LogP contribution >= 0.6 is 19.4 Å². The number of ether oxygens (including phenoxy) is 1. The van der Waals surface area contributed by atoms with Gasteiger partial charge >= 0.3 is 13.5 Å². The summed E-state index contributed by atoms with van der Waals surface area (Å²) in [6.07, 6.45) is -0.313. The molecule has 9 nitrogen and oxygen atoms in total. The van der Waals surface area contributed by atoms with E-state index in [9.17, 15) is 14.2 Å². The Morgan fingerprint density at radius 2 is 1.76 bits per heavy atom. The van der Waals surface area contributed by atoms with Gasteiger partial charge in [-0.25, -0.2) is 13.8 Å². The molecule has 1 N–H and O–H groups in total. The van der Waals surface area contributed by atoms with Gasteiger partial charge < -0.3 is 9.26 Å². The Morgan fingerprint density at radius 3 is 2.37 bits per heavy atom. The lowest BCUT2D eigenvalue weighted by Gasteiger charge is -2.38. The second-order valence-electron chi connectivity index (χ2n) is 11.7. The summed E-state index contributed by atoms with van der Waals surface area (Å²) in [6, 6.07) is 1.71. The van der Waals surface area contributed by atoms with Gasteiger partial charge in [0.1, 0.15) is 38.5 Å². The third-order valence-electron chi connectivity index (χ3n) is 6.50. The smallest absolute Gasteiger partial charge is 0.403 e. The van der Waals surface area contributed by atoms with Crippen molar-refractivity contribution in [1.29, 1.82) is 0 Å². The van der Waals surface area contributed by atoms with Crippen molar-refractivity contribution in [2.24, 2.45) is 0 Å². The van der Waals surface area contributed by atoms with Crippen LogP contribution in [0.15, 0.2) is 21.9 Å². The molecular weight excluding hydrogens is 535 g/mol. The Balaban J connectivity index is 1.61. The van der Waals surface area contributed by atoms with Gasteiger partial charge in [0.2, 0.25) is 0 Å². The summed E-state index contributed by atoms with van der Waals surface area (Å²) in [5, 5.41) is -2.38. The van der Waals surface area contributed by atoms with E-state index in [-0.39, 0.29) is 35.8 Å². The van der Waals surface area contributed by atoms with Crippen LogP contribution in [0, 0.1) is 5.82 Å². The topological polar surface area (TPSA) is 109 Å². The number of nitrogens with one attached hydrogen (secondary N) is 1. The first-order chi connectivity index (χ1) is 17.3. The molecule has 3 heterocycles. The molecule has 0 bridgehead atoms. The quantitative estimate of drug-likeness (QED) is 0.435. The number of hydrogen-bond donors (Lipinski definition) is 1. The van der Waals surface area contributed by atoms with E-state index in [0.717, 1.165) is 10.8 Å². The second kappa shape index (κ2) is 9.66. The molecule has 2 aliphatic rings. The molecule has 4 radical (unpaired) electrons. The summed E-state index contributed by atoms with van der Waals surface area (Å²) in [6.45, 7) is 11.1. The largest absolute Gasteiger partial charge is 0.529 e. The van der Waals surface area contributed by atoms with Gasteiger partial charge in [0.25, 0.3) is 5.56 Å². The lowest BCUT2D eigenvalue weighted by atomic mass is 9.61. The maximum Gasteiger partial charge on any atom is 0.529 e. The van der Waals surface area contributed by atoms with Gasteiger partial charge in [-0.15, -0.1) is 0 Å². The standard InChI is InChI=1S/C24H29B2ClFN2O7P/c1-22(2,3)13-9-14(23(4,5)6)19-12(18(13)28)11-34-38(33,36-19)37-24(25,26)16-7-8-17(35-16)30-10-15(27)20(31)29-21(30)32/h9-10,16-17H,7-8,11H2,1-6H3,(H,29,31,32). The van der Waals surface area contributed by atoms with Crippen LogP contribution in [-0.2, 0) is 35.8 Å². The van der Waals surface area contributed by atoms with Gasteiger partial charge in [0.15, 0.2) is 0 Å². The first kappa shape index (κ1) is 29.2. The molecule has 2 aliphatic heterocycles. The van der Waals surface area contributed by atoms with E-state index in [1.165, 1.54) is 0 Å². The third kappa shape index (κ3) is 5.56. The molecule has 4 rings (SSSR count). The number of halogens is 2. The summed E-state index contributed by atoms with van der Waals surface area (Å²) >= 11 is 5.84. The highest BCUT2D eigenvalue weighted by molar-refractivity contribution is 7.49. The van der Waals surface area contributed by atoms with Crippen molar-refractivity contribution in [3.63, 3.8) is 0 Å². The van der Waals surface area contributed by atoms with Crippen LogP contribution in [0.1, 0.15) is 77.3 Å². The van der Waals surface area contributed by atoms with Gasteiger partial charge in [0.05, 0.1) is 18.3 Å². The molecule has 0 spiro atoms. The monoisotopic (exact) mass is 564 g/mol. The number of nitrogens with zero attached hydrogens (tertiary/aromatic N) is 1. The summed E-state index contributed by atoms with van der Waals surface area (Å²) < 4.78 is 52.7. The number of aromatic nitrogens is 2. The maximum atomic E-state index is 15.5. The average Bonchev–Trinajstić information content (AvgIpc) is 3.25. The van der Waals surface area contributed by atoms with Crippen LogP contribution < -0.4 is 15.8 Å². The molecule has 0 saturated carbocycles. The van der Waals surface area contributed by atoms with Gasteiger partial charge in [0, 0.05) is 17.2 Å². The Labute approximate surface area is 227 Å². The molecular formula is C24H29B2ClFN2O7P. The number of phosphoric acid groups is 1. The number of H-pyrrole nitrogens is 1. The fraction of sp³-hybridized carbons (Fsp3) is 0.583. The van der Waals surface area contributed by atoms with Crippen LogP contribution in [-0.4, -0.2) is 36.7 Å². The Bertz CT molecular complexity index is 1430. The van der Waals surface area contributed by atoms with Crippen molar-refractivity contribution in [2.45, 2.75) is 89.6 Å². The van der Waals surface area contributed by atoms with Crippen LogP contribution in [0.25, 0.3) is 0 Å². The minimum Gasteiger partial charge on any atom is -0.403 e. The Morgan fingerprint density at radius 1 is 1.13 bits per heavy atom. The molecule has 2 aromatic rings. The number of phosphoric ester groups is 1. The normalized spacial score (nSPS) is 24.2. The zero-order valence-corrected chi connectivity index (χ0v) is 23.7. The van der Waals surface area contributed by atoms with Crippen molar-refractivity contribution >= 4 is 35.1 Å². The van der Waals surface area contributed by atoms with Crippen LogP contribution in [0.2, 0.25) is 5.02 Å². The third-order valence-corrected chi connectivity index (χ3v) is 8.16. The van der Waals surface area contributed by atoms with E-state index in [4.69, 9.17) is 45.6 Å². The Kier molecular flexibility index (Phi) is 7.41. The van der Waals surface area contributed by atoms with E-state index in [0.29, 0.717) is 11.1 Å². The van der Waals surface area contributed by atoms with Crippen molar-refractivity contribution in [1.82, 2.24) is 9.55 Å². The summed E-state index contributed by atoms with van der Waals surface area (Å²) in [5.41, 5.74) is -1.25. The Hall–Kier alpha value is -1.84. The van der Waals surface area contributed by atoms with E-state index in [2.05, 4.69) is 4.98 Å². The van der Waals surface area contributed by atoms with Gasteiger partial charge in [-0.05, 0) is 35.3 Å². The van der Waals surface area contributed by atoms with Crippen molar-refractivity contribution in [2.75, 3.05) is 0 Å². The van der Waals surface area contributed by atoms with Crippen LogP contribution in [0.5, 0.6) is 5.75 Å². The highest BCUT2D eigenvalue weighted by atomic mass is 35.5. The van der Waals surface area contributed by atoms with Crippen LogP contribution in [0.3, 0.4) is 0 Å². The minimum atomic E-state index is -4.44. The summed E-state index contributed by atoms with van der Waals surface area (Å²) in [5.74, 6) is -0.446. The van der Waals surface area contributed by atoms with Crippen molar-refractivity contribution < 1.29 is 27.3 Å². The molecule has 1 saturated heterocycles. The predicted octanol–water partition coefficient (Wildman–Crippen LogP) is 4.33. The predicted molar refractivity (Wildman–Crippen MR) is 142 cm³/mol. The first-order valence-corrected chi connectivity index (χ1v) is 13.9. The average molecular weight is 565 g/mol. The number of rotatable bonds is 4. The molecule has 14 heteroatoms. The van der Waals surface area contributed by atoms with Crippen molar-refractivity contribution in [3.05, 3.63) is 60.6 Å². The van der Waals surface area contributed by atoms with Gasteiger partial charge in [-0.1, -0.05) is 53.1 Å². The van der Waals surface area contributed by atoms with E-state index in [1.807, 2.05) is 41.5 Å². The highest BCUT2D eigenvalue weighted by Crippen LogP contribution is 2.59. The lowest BCUT2D eigenvalue weighted by molar-refractivity contribution is -0.0515. The minimum absolute atomic E-state index is 0.0630. The second-order valence-corrected chi connectivity index (χ2v) is 13.6. The van der Waals surface area contributed by atoms with E-state index >= 15 is 4.39 Å². The molecule has 202 valence electrons. The molecule has 38 heavy (non-hydrogen) atoms. The number of aromatic amines is 1. The molecule has 1 aromatic heterocycles. The molecule has 0 aliphatic carbocycles. The molecule has 1 aromatic carbocycles. The number of benzene rings is 1. The number of fused-ring (bicyclic) bond motifs is 1. The number of hydrogen-bond acceptors (Lipinski definition) is 7. The van der Waals surface area contributed by atoms with Gasteiger partial charge in [-0.3, -0.25) is 23.4 Å². The highest BCUT2D eigenvalue weighted by Gasteiger charge is 2.47. The molecule has 1 fully saturated rings. The zero-order chi connectivity index (χ0) is 28.4. The summed E-state index contributed by atoms with van der Waals surface area (Å²) in [7, 11) is 7.92. The lowest BCUT2D eigenvalue weighted by Crippen LogP contribution is -2.46. The SMILES string of the molecule is [B]C([B])(OP1(=O)OCc2c(F)c(C(C)(C)C)cc(C(C)(C)C)c2O1)C1CCC(n2cc(Cl)c(=O)[nH]c2=O)O1. The van der Waals surface area contributed by atoms with Crippen molar-refractivity contribution in [3.8, 4) is 5.75 Å². The first-order valence-electron chi connectivity index (χ1n) is 12.1. The fourth-order valence-corrected chi connectivity index (χ4v) is 5.96. The fourth-order valence-electron chi connectivity index (χ4n) is 4.44. The van der Waals surface area contributed by atoms with E-state index in [1.54, 1.807) is 6.07 Å². The van der Waals surface area contributed by atoms with Crippen LogP contribution in [0.4, 0.5) is 4.39 Å². The zero-order valence-electron chi connectivity index (χ0n) is 22.1. The molecule has 0 amide bonds. The molecule has 3 atom stereocenters. The molecule has 3 unspecified atom stereocenters. The summed E-state index contributed by atoms with van der Waals surface area (Å²) in [4.78, 5) is 25.9. The van der Waals surface area contributed by atoms with Gasteiger partial charge in [-0.2, -0.15) is 0 Å². The van der Waals surface area contributed by atoms with E-state index < -0.39 is 53.5 Å².